The summed E-state index contributed by atoms with van der Waals surface area (Å²) in [5.74, 6) is -1.85. The second kappa shape index (κ2) is 9.66. The molecule has 0 aliphatic carbocycles. The molecule has 0 spiro atoms. The number of amides is 1. The number of aliphatic hydroxyl groups is 1. The average molecular weight is 463 g/mol. The molecule has 2 aromatic carbocycles. The molecule has 8 heteroatoms. The Bertz CT molecular complexity index is 1250. The molecule has 1 amide bonds. The van der Waals surface area contributed by atoms with Gasteiger partial charge in [-0.2, -0.15) is 0 Å². The third-order valence-electron chi connectivity index (χ3n) is 5.44. The maximum atomic E-state index is 14.3. The fourth-order valence-electron chi connectivity index (χ4n) is 3.83. The van der Waals surface area contributed by atoms with Crippen molar-refractivity contribution in [3.63, 3.8) is 0 Å². The van der Waals surface area contributed by atoms with Gasteiger partial charge in [0.1, 0.15) is 23.9 Å². The third-order valence-corrected chi connectivity index (χ3v) is 5.44. The summed E-state index contributed by atoms with van der Waals surface area (Å²) in [4.78, 5) is 27.4. The summed E-state index contributed by atoms with van der Waals surface area (Å²) in [7, 11) is 1.32. The predicted octanol–water partition coefficient (Wildman–Crippen LogP) is 4.61. The van der Waals surface area contributed by atoms with Gasteiger partial charge in [0.25, 0.3) is 11.7 Å². The Morgan fingerprint density at radius 1 is 1.21 bits per heavy atom. The highest BCUT2D eigenvalue weighted by Crippen LogP contribution is 2.41. The van der Waals surface area contributed by atoms with Crippen LogP contribution in [0.2, 0.25) is 0 Å². The summed E-state index contributed by atoms with van der Waals surface area (Å²) in [5.41, 5.74) is 0.457. The molecule has 0 saturated carbocycles. The molecule has 3 aromatic rings. The third kappa shape index (κ3) is 4.30. The van der Waals surface area contributed by atoms with Gasteiger partial charge >= 0.3 is 0 Å². The highest BCUT2D eigenvalue weighted by molar-refractivity contribution is 6.46. The van der Waals surface area contributed by atoms with E-state index in [-0.39, 0.29) is 23.4 Å². The molecule has 7 nitrogen and oxygen atoms in total. The molecule has 0 radical (unpaired) electrons. The van der Waals surface area contributed by atoms with Gasteiger partial charge in [-0.3, -0.25) is 9.59 Å². The zero-order valence-corrected chi connectivity index (χ0v) is 18.4. The van der Waals surface area contributed by atoms with Crippen LogP contribution in [0.1, 0.15) is 22.9 Å². The highest BCUT2D eigenvalue weighted by atomic mass is 19.1. The van der Waals surface area contributed by atoms with Crippen LogP contribution >= 0.6 is 0 Å². The van der Waals surface area contributed by atoms with E-state index in [2.05, 4.69) is 6.58 Å². The molecule has 1 N–H and O–H groups in total. The van der Waals surface area contributed by atoms with Gasteiger partial charge in [0.05, 0.1) is 31.5 Å². The first-order chi connectivity index (χ1) is 16.4. The van der Waals surface area contributed by atoms with Crippen molar-refractivity contribution in [3.05, 3.63) is 102 Å². The van der Waals surface area contributed by atoms with Crippen LogP contribution in [0, 0.1) is 5.82 Å². The molecule has 34 heavy (non-hydrogen) atoms. The second-order valence-electron chi connectivity index (χ2n) is 7.52. The van der Waals surface area contributed by atoms with E-state index < -0.39 is 29.3 Å². The Hall–Kier alpha value is -4.33. The van der Waals surface area contributed by atoms with Crippen LogP contribution in [0.25, 0.3) is 5.76 Å². The normalized spacial score (nSPS) is 17.1. The summed E-state index contributed by atoms with van der Waals surface area (Å²) >= 11 is 0. The Morgan fingerprint density at radius 3 is 2.59 bits per heavy atom. The number of likely N-dealkylation sites (tertiary alicyclic amines) is 1. The number of halogens is 1. The molecular weight excluding hydrogens is 441 g/mol. The number of carbonyl (C=O) groups is 2. The van der Waals surface area contributed by atoms with Crippen LogP contribution < -0.4 is 9.47 Å². The lowest BCUT2D eigenvalue weighted by atomic mass is 9.95. The molecule has 4 rings (SSSR count). The molecule has 1 fully saturated rings. The zero-order valence-electron chi connectivity index (χ0n) is 18.4. The minimum atomic E-state index is -0.927. The number of ketones is 1. The smallest absolute Gasteiger partial charge is 0.296 e. The summed E-state index contributed by atoms with van der Waals surface area (Å²) < 4.78 is 30.1. The van der Waals surface area contributed by atoms with Gasteiger partial charge < -0.3 is 23.9 Å². The highest BCUT2D eigenvalue weighted by Gasteiger charge is 2.46. The topological polar surface area (TPSA) is 89.2 Å². The number of aliphatic hydroxyl groups excluding tert-OH is 1. The lowest BCUT2D eigenvalue weighted by Crippen LogP contribution is -2.29. The van der Waals surface area contributed by atoms with E-state index in [9.17, 15) is 19.1 Å². The quantitative estimate of drug-likeness (QED) is 0.227. The van der Waals surface area contributed by atoms with E-state index in [4.69, 9.17) is 13.9 Å². The Morgan fingerprint density at radius 2 is 1.97 bits per heavy atom. The van der Waals surface area contributed by atoms with Crippen LogP contribution in [0.4, 0.5) is 4.39 Å². The summed E-state index contributed by atoms with van der Waals surface area (Å²) in [6.45, 7) is 3.93. The lowest BCUT2D eigenvalue weighted by molar-refractivity contribution is -0.140. The van der Waals surface area contributed by atoms with Crippen LogP contribution in [0.5, 0.6) is 11.5 Å². The van der Waals surface area contributed by atoms with E-state index >= 15 is 0 Å². The van der Waals surface area contributed by atoms with E-state index in [1.807, 2.05) is 0 Å². The predicted molar refractivity (Wildman–Crippen MR) is 122 cm³/mol. The minimum absolute atomic E-state index is 0.00467. The molecule has 1 saturated heterocycles. The van der Waals surface area contributed by atoms with Crippen molar-refractivity contribution in [2.75, 3.05) is 13.7 Å². The number of Topliss-reactive ketones (excluding diaryl/α,β-unsaturated/α-hetero) is 1. The summed E-state index contributed by atoms with van der Waals surface area (Å²) in [6.07, 6.45) is 3.08. The van der Waals surface area contributed by atoms with Crippen LogP contribution in [-0.2, 0) is 16.1 Å². The van der Waals surface area contributed by atoms with Gasteiger partial charge in [-0.1, -0.05) is 24.8 Å². The number of rotatable bonds is 8. The fraction of sp³-hybridized carbons (Fsp3) is 0.154. The number of carbonyl (C=O) groups excluding carboxylic acids is 2. The maximum absolute atomic E-state index is 14.3. The first kappa shape index (κ1) is 22.8. The van der Waals surface area contributed by atoms with Crippen LogP contribution in [-0.4, -0.2) is 35.4 Å². The van der Waals surface area contributed by atoms with Crippen molar-refractivity contribution >= 4 is 17.4 Å². The van der Waals surface area contributed by atoms with Crippen molar-refractivity contribution in [2.24, 2.45) is 0 Å². The molecular formula is C26H22FNO6. The standard InChI is InChI=1S/C26H22FNO6/c1-3-12-33-18-9-6-16(7-10-18)23-22(24(29)17-8-11-21(32-2)20(27)14-17)25(30)26(31)28(23)15-19-5-4-13-34-19/h3-11,13-14,23,29H,1,12,15H2,2H3/b24-22-. The maximum Gasteiger partial charge on any atom is 0.296 e. The van der Waals surface area contributed by atoms with Crippen molar-refractivity contribution in [1.82, 2.24) is 4.90 Å². The minimum Gasteiger partial charge on any atom is -0.507 e. The van der Waals surface area contributed by atoms with Crippen LogP contribution in [0.3, 0.4) is 0 Å². The number of nitrogens with zero attached hydrogens (tertiary/aromatic N) is 1. The van der Waals surface area contributed by atoms with E-state index in [1.54, 1.807) is 42.5 Å². The van der Waals surface area contributed by atoms with Gasteiger partial charge in [0.2, 0.25) is 0 Å². The monoisotopic (exact) mass is 463 g/mol. The number of hydrogen-bond donors (Lipinski definition) is 1. The Kier molecular flexibility index (Phi) is 6.49. The van der Waals surface area contributed by atoms with Crippen molar-refractivity contribution in [3.8, 4) is 11.5 Å². The first-order valence-corrected chi connectivity index (χ1v) is 10.4. The van der Waals surface area contributed by atoms with E-state index in [0.29, 0.717) is 23.7 Å². The Labute approximate surface area is 195 Å². The molecule has 1 aromatic heterocycles. The first-order valence-electron chi connectivity index (χ1n) is 10.4. The molecule has 174 valence electrons. The number of hydrogen-bond acceptors (Lipinski definition) is 6. The van der Waals surface area contributed by atoms with Gasteiger partial charge in [-0.15, -0.1) is 0 Å². The molecule has 1 aliphatic rings. The largest absolute Gasteiger partial charge is 0.507 e. The lowest BCUT2D eigenvalue weighted by Gasteiger charge is -2.24. The van der Waals surface area contributed by atoms with Gasteiger partial charge in [-0.25, -0.2) is 4.39 Å². The second-order valence-corrected chi connectivity index (χ2v) is 7.52. The molecule has 1 aliphatic heterocycles. The number of benzene rings is 2. The van der Waals surface area contributed by atoms with E-state index in [0.717, 1.165) is 6.07 Å². The van der Waals surface area contributed by atoms with Crippen LogP contribution in [0.15, 0.2) is 83.5 Å². The summed E-state index contributed by atoms with van der Waals surface area (Å²) in [5, 5.41) is 11.1. The fourth-order valence-corrected chi connectivity index (χ4v) is 3.83. The van der Waals surface area contributed by atoms with Gasteiger partial charge in [0, 0.05) is 5.56 Å². The van der Waals surface area contributed by atoms with E-state index in [1.165, 1.54) is 30.4 Å². The summed E-state index contributed by atoms with van der Waals surface area (Å²) in [6, 6.07) is 13.0. The molecule has 1 unspecified atom stereocenters. The van der Waals surface area contributed by atoms with Gasteiger partial charge in [-0.05, 0) is 48.0 Å². The van der Waals surface area contributed by atoms with Gasteiger partial charge in [0.15, 0.2) is 11.6 Å². The molecule has 0 bridgehead atoms. The molecule has 1 atom stereocenters. The number of ether oxygens (including phenoxy) is 2. The Balaban J connectivity index is 1.81. The number of furan rings is 1. The average Bonchev–Trinajstić information content (AvgIpc) is 3.45. The SMILES string of the molecule is C=CCOc1ccc(C2/C(=C(/O)c3ccc(OC)c(F)c3)C(=O)C(=O)N2Cc2ccco2)cc1. The van der Waals surface area contributed by atoms with Crippen molar-refractivity contribution < 1.29 is 33.0 Å². The zero-order chi connectivity index (χ0) is 24.2. The number of methoxy groups -OCH3 is 1. The van der Waals surface area contributed by atoms with Crippen molar-refractivity contribution in [2.45, 2.75) is 12.6 Å². The molecule has 2 heterocycles. The van der Waals surface area contributed by atoms with Crippen molar-refractivity contribution in [1.29, 1.82) is 0 Å².